The smallest absolute Gasteiger partial charge is 0.0894 e. The van der Waals surface area contributed by atoms with Crippen molar-refractivity contribution in [1.29, 1.82) is 0 Å². The predicted octanol–water partition coefficient (Wildman–Crippen LogP) is 0.0963. The number of rotatable bonds is 1. The van der Waals surface area contributed by atoms with E-state index in [1.807, 2.05) is 6.92 Å². The fourth-order valence-electron chi connectivity index (χ4n) is 0.584. The monoisotopic (exact) mass is 117 g/mol. The molecular formula is C5H11NO2. The summed E-state index contributed by atoms with van der Waals surface area (Å²) in [4.78, 5) is 0. The molecule has 0 aromatic carbocycles. The molecule has 1 fully saturated rings. The van der Waals surface area contributed by atoms with E-state index in [9.17, 15) is 0 Å². The second-order valence-corrected chi connectivity index (χ2v) is 2.51. The van der Waals surface area contributed by atoms with E-state index in [0.29, 0.717) is 13.2 Å². The van der Waals surface area contributed by atoms with Crippen LogP contribution in [0.15, 0.2) is 0 Å². The summed E-state index contributed by atoms with van der Waals surface area (Å²) in [6, 6.07) is 0. The third-order valence-corrected chi connectivity index (χ3v) is 1.61. The third-order valence-electron chi connectivity index (χ3n) is 1.61. The van der Waals surface area contributed by atoms with Crippen LogP contribution < -0.4 is 0 Å². The Bertz CT molecular complexity index is 88.4. The molecule has 0 unspecified atom stereocenters. The Morgan fingerprint density at radius 1 is 1.62 bits per heavy atom. The summed E-state index contributed by atoms with van der Waals surface area (Å²) in [6.07, 6.45) is 0. The van der Waals surface area contributed by atoms with Crippen molar-refractivity contribution in [3.63, 3.8) is 0 Å². The van der Waals surface area contributed by atoms with E-state index < -0.39 is 0 Å². The van der Waals surface area contributed by atoms with Gasteiger partial charge in [-0.1, -0.05) is 0 Å². The number of hydroxylamine groups is 2. The van der Waals surface area contributed by atoms with Crippen molar-refractivity contribution in [2.24, 2.45) is 0 Å². The van der Waals surface area contributed by atoms with Gasteiger partial charge in [0.15, 0.2) is 0 Å². The normalized spacial score (nSPS) is 25.5. The van der Waals surface area contributed by atoms with E-state index in [1.165, 1.54) is 5.06 Å². The molecule has 1 aliphatic heterocycles. The van der Waals surface area contributed by atoms with E-state index in [0.717, 1.165) is 0 Å². The van der Waals surface area contributed by atoms with Gasteiger partial charge in [-0.05, 0) is 6.92 Å². The SMILES string of the molecule is CN(O)C1(C)COC1. The van der Waals surface area contributed by atoms with Gasteiger partial charge >= 0.3 is 0 Å². The molecule has 8 heavy (non-hydrogen) atoms. The lowest BCUT2D eigenvalue weighted by Gasteiger charge is -2.41. The summed E-state index contributed by atoms with van der Waals surface area (Å²) < 4.78 is 4.90. The van der Waals surface area contributed by atoms with Gasteiger partial charge in [-0.15, -0.1) is 0 Å². The van der Waals surface area contributed by atoms with E-state index in [-0.39, 0.29) is 5.54 Å². The van der Waals surface area contributed by atoms with Crippen molar-refractivity contribution in [3.8, 4) is 0 Å². The minimum absolute atomic E-state index is 0.111. The average molecular weight is 117 g/mol. The Balaban J connectivity index is 2.41. The van der Waals surface area contributed by atoms with Crippen LogP contribution in [0.5, 0.6) is 0 Å². The molecule has 1 heterocycles. The lowest BCUT2D eigenvalue weighted by Crippen LogP contribution is -2.57. The number of nitrogens with zero attached hydrogens (tertiary/aromatic N) is 1. The molecule has 0 bridgehead atoms. The minimum atomic E-state index is -0.111. The van der Waals surface area contributed by atoms with Gasteiger partial charge in [0, 0.05) is 7.05 Å². The summed E-state index contributed by atoms with van der Waals surface area (Å²) in [5.41, 5.74) is -0.111. The van der Waals surface area contributed by atoms with Gasteiger partial charge in [-0.3, -0.25) is 0 Å². The second-order valence-electron chi connectivity index (χ2n) is 2.51. The van der Waals surface area contributed by atoms with E-state index in [4.69, 9.17) is 9.94 Å². The van der Waals surface area contributed by atoms with Crippen LogP contribution in [-0.4, -0.2) is 36.1 Å². The maximum atomic E-state index is 8.88. The van der Waals surface area contributed by atoms with Crippen molar-refractivity contribution in [3.05, 3.63) is 0 Å². The van der Waals surface area contributed by atoms with E-state index in [1.54, 1.807) is 7.05 Å². The van der Waals surface area contributed by atoms with Crippen LogP contribution in [0, 0.1) is 0 Å². The summed E-state index contributed by atoms with van der Waals surface area (Å²) in [5.74, 6) is 0. The fraction of sp³-hybridized carbons (Fsp3) is 1.00. The van der Waals surface area contributed by atoms with Crippen molar-refractivity contribution >= 4 is 0 Å². The number of hydrogen-bond acceptors (Lipinski definition) is 3. The van der Waals surface area contributed by atoms with Crippen molar-refractivity contribution in [1.82, 2.24) is 5.06 Å². The second kappa shape index (κ2) is 1.69. The number of likely N-dealkylation sites (N-methyl/N-ethyl adjacent to an activating group) is 1. The first-order valence-corrected chi connectivity index (χ1v) is 2.66. The molecule has 1 N–H and O–H groups in total. The zero-order valence-electron chi connectivity index (χ0n) is 5.22. The average Bonchev–Trinajstić information content (AvgIpc) is 1.60. The highest BCUT2D eigenvalue weighted by Crippen LogP contribution is 2.20. The first kappa shape index (κ1) is 6.01. The molecule has 0 spiro atoms. The molecule has 48 valence electrons. The maximum absolute atomic E-state index is 8.88. The van der Waals surface area contributed by atoms with Crippen LogP contribution in [-0.2, 0) is 4.74 Å². The van der Waals surface area contributed by atoms with Gasteiger partial charge in [-0.2, -0.15) is 5.06 Å². The van der Waals surface area contributed by atoms with Crippen molar-refractivity contribution in [2.45, 2.75) is 12.5 Å². The highest BCUT2D eigenvalue weighted by molar-refractivity contribution is 4.86. The Morgan fingerprint density at radius 3 is 2.12 bits per heavy atom. The van der Waals surface area contributed by atoms with Gasteiger partial charge in [-0.25, -0.2) is 0 Å². The predicted molar refractivity (Wildman–Crippen MR) is 28.8 cm³/mol. The summed E-state index contributed by atoms with van der Waals surface area (Å²) in [6.45, 7) is 3.23. The molecule has 0 aromatic rings. The molecule has 0 aromatic heterocycles. The molecule has 3 nitrogen and oxygen atoms in total. The largest absolute Gasteiger partial charge is 0.377 e. The number of hydrogen-bond donors (Lipinski definition) is 1. The Hall–Kier alpha value is -0.120. The van der Waals surface area contributed by atoms with Crippen molar-refractivity contribution in [2.75, 3.05) is 20.3 Å². The maximum Gasteiger partial charge on any atom is 0.0894 e. The quantitative estimate of drug-likeness (QED) is 0.494. The molecule has 0 aliphatic carbocycles. The van der Waals surface area contributed by atoms with Gasteiger partial charge in [0.25, 0.3) is 0 Å². The molecule has 0 atom stereocenters. The topological polar surface area (TPSA) is 32.7 Å². The fourth-order valence-corrected chi connectivity index (χ4v) is 0.584. The molecular weight excluding hydrogens is 106 g/mol. The van der Waals surface area contributed by atoms with Gasteiger partial charge in [0.05, 0.1) is 18.8 Å². The molecule has 1 saturated heterocycles. The van der Waals surface area contributed by atoms with Gasteiger partial charge in [0.1, 0.15) is 0 Å². The van der Waals surface area contributed by atoms with Gasteiger partial charge in [0.2, 0.25) is 0 Å². The summed E-state index contributed by atoms with van der Waals surface area (Å²) in [5, 5.41) is 10.1. The van der Waals surface area contributed by atoms with Gasteiger partial charge < -0.3 is 9.94 Å². The molecule has 1 rings (SSSR count). The molecule has 0 amide bonds. The standard InChI is InChI=1S/C5H11NO2/c1-5(6(2)7)3-8-4-5/h7H,3-4H2,1-2H3. The van der Waals surface area contributed by atoms with E-state index in [2.05, 4.69) is 0 Å². The number of ether oxygens (including phenoxy) is 1. The molecule has 3 heteroatoms. The van der Waals surface area contributed by atoms with Crippen LogP contribution in [0.4, 0.5) is 0 Å². The minimum Gasteiger partial charge on any atom is -0.377 e. The zero-order chi connectivity index (χ0) is 6.20. The van der Waals surface area contributed by atoms with Crippen LogP contribution >= 0.6 is 0 Å². The van der Waals surface area contributed by atoms with Crippen LogP contribution in [0.3, 0.4) is 0 Å². The first-order valence-electron chi connectivity index (χ1n) is 2.66. The molecule has 0 radical (unpaired) electrons. The lowest BCUT2D eigenvalue weighted by atomic mass is 10.0. The highest BCUT2D eigenvalue weighted by atomic mass is 16.5. The Labute approximate surface area is 48.8 Å². The zero-order valence-corrected chi connectivity index (χ0v) is 5.22. The van der Waals surface area contributed by atoms with Crippen LogP contribution in [0.25, 0.3) is 0 Å². The molecule has 1 aliphatic rings. The highest BCUT2D eigenvalue weighted by Gasteiger charge is 2.36. The first-order chi connectivity index (χ1) is 3.65. The lowest BCUT2D eigenvalue weighted by molar-refractivity contribution is -0.236. The Kier molecular flexibility index (Phi) is 1.27. The third kappa shape index (κ3) is 0.727. The van der Waals surface area contributed by atoms with Crippen LogP contribution in [0.1, 0.15) is 6.92 Å². The Morgan fingerprint density at radius 2 is 2.12 bits per heavy atom. The van der Waals surface area contributed by atoms with Crippen LogP contribution in [0.2, 0.25) is 0 Å². The summed E-state index contributed by atoms with van der Waals surface area (Å²) in [7, 11) is 1.64. The molecule has 0 saturated carbocycles. The van der Waals surface area contributed by atoms with Crippen molar-refractivity contribution < 1.29 is 9.94 Å². The van der Waals surface area contributed by atoms with E-state index >= 15 is 0 Å². The summed E-state index contributed by atoms with van der Waals surface area (Å²) >= 11 is 0.